The van der Waals surface area contributed by atoms with Crippen LogP contribution in [0.25, 0.3) is 0 Å². The summed E-state index contributed by atoms with van der Waals surface area (Å²) in [5.74, 6) is 0.950. The van der Waals surface area contributed by atoms with Crippen molar-refractivity contribution >= 4 is 5.82 Å². The largest absolute Gasteiger partial charge is 0.370 e. The molecule has 0 saturated heterocycles. The number of hydrogen-bond acceptors (Lipinski definition) is 3. The number of benzene rings is 1. The minimum Gasteiger partial charge on any atom is -0.370 e. The van der Waals surface area contributed by atoms with E-state index in [-0.39, 0.29) is 6.04 Å². The van der Waals surface area contributed by atoms with Crippen LogP contribution in [0.2, 0.25) is 0 Å². The second-order valence-electron chi connectivity index (χ2n) is 4.75. The zero-order chi connectivity index (χ0) is 13.7. The van der Waals surface area contributed by atoms with Crippen molar-refractivity contribution in [2.75, 3.05) is 11.9 Å². The zero-order valence-electron chi connectivity index (χ0n) is 11.6. The number of nitrogens with one attached hydrogen (secondary N) is 1. The van der Waals surface area contributed by atoms with E-state index >= 15 is 0 Å². The molecule has 3 nitrogen and oxygen atoms in total. The lowest BCUT2D eigenvalue weighted by molar-refractivity contribution is 0.859. The minimum absolute atomic E-state index is 0.118. The Morgan fingerprint density at radius 3 is 2.58 bits per heavy atom. The average Bonchev–Trinajstić information content (AvgIpc) is 2.46. The van der Waals surface area contributed by atoms with Crippen molar-refractivity contribution in [1.82, 2.24) is 4.98 Å². The van der Waals surface area contributed by atoms with Crippen LogP contribution in [0, 0.1) is 6.92 Å². The summed E-state index contributed by atoms with van der Waals surface area (Å²) in [4.78, 5) is 4.47. The van der Waals surface area contributed by atoms with Gasteiger partial charge in [-0.3, -0.25) is 0 Å². The Labute approximate surface area is 114 Å². The molecule has 1 atom stereocenters. The number of anilines is 1. The van der Waals surface area contributed by atoms with E-state index in [1.165, 1.54) is 0 Å². The third-order valence-corrected chi connectivity index (χ3v) is 3.16. The fraction of sp³-hybridized carbons (Fsp3) is 0.312. The van der Waals surface area contributed by atoms with E-state index in [1.54, 1.807) is 0 Å². The lowest BCUT2D eigenvalue weighted by atomic mass is 10.00. The van der Waals surface area contributed by atoms with Gasteiger partial charge in [-0.1, -0.05) is 37.3 Å². The van der Waals surface area contributed by atoms with Crippen LogP contribution >= 0.6 is 0 Å². The molecule has 0 aliphatic rings. The summed E-state index contributed by atoms with van der Waals surface area (Å²) in [5, 5.41) is 3.32. The Kier molecular flexibility index (Phi) is 4.53. The zero-order valence-corrected chi connectivity index (χ0v) is 11.6. The minimum atomic E-state index is -0.118. The molecule has 1 aromatic carbocycles. The van der Waals surface area contributed by atoms with E-state index < -0.39 is 0 Å². The van der Waals surface area contributed by atoms with Crippen LogP contribution in [0.15, 0.2) is 42.6 Å². The van der Waals surface area contributed by atoms with Gasteiger partial charge < -0.3 is 11.1 Å². The number of pyridine rings is 1. The number of aromatic nitrogens is 1. The van der Waals surface area contributed by atoms with Crippen LogP contribution in [0.4, 0.5) is 5.82 Å². The van der Waals surface area contributed by atoms with Crippen LogP contribution in [0.5, 0.6) is 0 Å². The Bertz CT molecular complexity index is 523. The van der Waals surface area contributed by atoms with Crippen LogP contribution in [0.1, 0.15) is 36.1 Å². The summed E-state index contributed by atoms with van der Waals surface area (Å²) in [6.45, 7) is 5.14. The Hall–Kier alpha value is -1.87. The standard InChI is InChI=1S/C16H21N3/c1-3-9-18-16-12(2)10-14(11-19-16)15(17)13-7-5-4-6-8-13/h4-8,10-11,15H,3,9,17H2,1-2H3,(H,18,19)/t15-/m1/s1. The number of nitrogens with zero attached hydrogens (tertiary/aromatic N) is 1. The van der Waals surface area contributed by atoms with Crippen LogP contribution in [-0.2, 0) is 0 Å². The van der Waals surface area contributed by atoms with Crippen molar-refractivity contribution in [3.63, 3.8) is 0 Å². The summed E-state index contributed by atoms with van der Waals surface area (Å²) < 4.78 is 0. The van der Waals surface area contributed by atoms with Gasteiger partial charge in [0.05, 0.1) is 6.04 Å². The number of rotatable bonds is 5. The molecule has 0 spiro atoms. The molecule has 0 radical (unpaired) electrons. The summed E-state index contributed by atoms with van der Waals surface area (Å²) in [6.07, 6.45) is 2.95. The highest BCUT2D eigenvalue weighted by Gasteiger charge is 2.10. The van der Waals surface area contributed by atoms with Crippen molar-refractivity contribution in [2.45, 2.75) is 26.3 Å². The molecule has 0 unspecified atom stereocenters. The fourth-order valence-electron chi connectivity index (χ4n) is 2.05. The predicted octanol–water partition coefficient (Wildman–Crippen LogP) is 3.26. The predicted molar refractivity (Wildman–Crippen MR) is 80.2 cm³/mol. The van der Waals surface area contributed by atoms with E-state index in [0.717, 1.165) is 35.5 Å². The van der Waals surface area contributed by atoms with E-state index in [2.05, 4.69) is 30.2 Å². The maximum absolute atomic E-state index is 6.27. The van der Waals surface area contributed by atoms with Gasteiger partial charge in [0.2, 0.25) is 0 Å². The van der Waals surface area contributed by atoms with Gasteiger partial charge in [0, 0.05) is 12.7 Å². The maximum atomic E-state index is 6.27. The Morgan fingerprint density at radius 1 is 1.21 bits per heavy atom. The molecule has 0 saturated carbocycles. The highest BCUT2D eigenvalue weighted by molar-refractivity contribution is 5.46. The molecule has 2 aromatic rings. The molecular formula is C16H21N3. The highest BCUT2D eigenvalue weighted by Crippen LogP contribution is 2.22. The molecule has 1 aromatic heterocycles. The second kappa shape index (κ2) is 6.34. The van der Waals surface area contributed by atoms with Crippen molar-refractivity contribution in [3.05, 3.63) is 59.3 Å². The van der Waals surface area contributed by atoms with Gasteiger partial charge >= 0.3 is 0 Å². The Balaban J connectivity index is 2.20. The maximum Gasteiger partial charge on any atom is 0.128 e. The number of nitrogens with two attached hydrogens (primary N) is 1. The molecule has 2 rings (SSSR count). The second-order valence-corrected chi connectivity index (χ2v) is 4.75. The summed E-state index contributed by atoms with van der Waals surface area (Å²) in [5.41, 5.74) is 9.57. The first kappa shape index (κ1) is 13.6. The van der Waals surface area contributed by atoms with E-state index in [9.17, 15) is 0 Å². The third kappa shape index (κ3) is 3.32. The average molecular weight is 255 g/mol. The molecule has 3 heteroatoms. The van der Waals surface area contributed by atoms with Crippen LogP contribution in [0.3, 0.4) is 0 Å². The van der Waals surface area contributed by atoms with Crippen molar-refractivity contribution in [2.24, 2.45) is 5.73 Å². The lowest BCUT2D eigenvalue weighted by Crippen LogP contribution is -2.13. The molecule has 3 N–H and O–H groups in total. The molecule has 19 heavy (non-hydrogen) atoms. The van der Waals surface area contributed by atoms with E-state index in [0.29, 0.717) is 0 Å². The van der Waals surface area contributed by atoms with Gasteiger partial charge in [0.25, 0.3) is 0 Å². The van der Waals surface area contributed by atoms with Gasteiger partial charge in [-0.25, -0.2) is 4.98 Å². The van der Waals surface area contributed by atoms with E-state index in [4.69, 9.17) is 5.73 Å². The van der Waals surface area contributed by atoms with Gasteiger partial charge in [-0.15, -0.1) is 0 Å². The number of hydrogen-bond donors (Lipinski definition) is 2. The fourth-order valence-corrected chi connectivity index (χ4v) is 2.05. The first-order valence-electron chi connectivity index (χ1n) is 6.73. The topological polar surface area (TPSA) is 50.9 Å². The molecule has 1 heterocycles. The van der Waals surface area contributed by atoms with Gasteiger partial charge in [-0.2, -0.15) is 0 Å². The molecule has 0 amide bonds. The summed E-state index contributed by atoms with van der Waals surface area (Å²) in [7, 11) is 0. The van der Waals surface area contributed by atoms with Crippen molar-refractivity contribution in [1.29, 1.82) is 0 Å². The van der Waals surface area contributed by atoms with Gasteiger partial charge in [-0.05, 0) is 36.1 Å². The summed E-state index contributed by atoms with van der Waals surface area (Å²) in [6, 6.07) is 12.1. The number of aryl methyl sites for hydroxylation is 1. The third-order valence-electron chi connectivity index (χ3n) is 3.16. The SMILES string of the molecule is CCCNc1ncc([C@H](N)c2ccccc2)cc1C. The smallest absolute Gasteiger partial charge is 0.128 e. The molecule has 0 bridgehead atoms. The van der Waals surface area contributed by atoms with Crippen LogP contribution in [-0.4, -0.2) is 11.5 Å². The molecular weight excluding hydrogens is 234 g/mol. The highest BCUT2D eigenvalue weighted by atomic mass is 15.0. The van der Waals surface area contributed by atoms with Crippen LogP contribution < -0.4 is 11.1 Å². The van der Waals surface area contributed by atoms with Gasteiger partial charge in [0.15, 0.2) is 0 Å². The first-order chi connectivity index (χ1) is 9.22. The lowest BCUT2D eigenvalue weighted by Gasteiger charge is -2.15. The Morgan fingerprint density at radius 2 is 1.95 bits per heavy atom. The van der Waals surface area contributed by atoms with E-state index in [1.807, 2.05) is 36.5 Å². The summed E-state index contributed by atoms with van der Waals surface area (Å²) >= 11 is 0. The molecule has 0 fully saturated rings. The normalized spacial score (nSPS) is 12.2. The van der Waals surface area contributed by atoms with Crippen molar-refractivity contribution < 1.29 is 0 Å². The van der Waals surface area contributed by atoms with Gasteiger partial charge in [0.1, 0.15) is 5.82 Å². The first-order valence-corrected chi connectivity index (χ1v) is 6.73. The molecule has 0 aliphatic heterocycles. The van der Waals surface area contributed by atoms with Crippen molar-refractivity contribution in [3.8, 4) is 0 Å². The molecule has 100 valence electrons. The quantitative estimate of drug-likeness (QED) is 0.862. The monoisotopic (exact) mass is 255 g/mol. The molecule has 0 aliphatic carbocycles.